The van der Waals surface area contributed by atoms with Crippen LogP contribution < -0.4 is 5.32 Å². The van der Waals surface area contributed by atoms with E-state index in [9.17, 15) is 8.42 Å². The predicted molar refractivity (Wildman–Crippen MR) is 77.6 cm³/mol. The van der Waals surface area contributed by atoms with E-state index in [4.69, 9.17) is 0 Å². The van der Waals surface area contributed by atoms with Crippen molar-refractivity contribution >= 4 is 37.3 Å². The summed E-state index contributed by atoms with van der Waals surface area (Å²) in [6.45, 7) is 3.25. The minimum atomic E-state index is -3.33. The molecule has 7 heteroatoms. The number of likely N-dealkylation sites (N-methyl/N-ethyl adjacent to an activating group) is 1. The average molecular weight is 353 g/mol. The summed E-state index contributed by atoms with van der Waals surface area (Å²) in [5, 5.41) is 3.07. The van der Waals surface area contributed by atoms with Crippen molar-refractivity contribution in [2.24, 2.45) is 0 Å². The van der Waals surface area contributed by atoms with Crippen LogP contribution in [0.5, 0.6) is 0 Å². The van der Waals surface area contributed by atoms with Gasteiger partial charge >= 0.3 is 0 Å². The van der Waals surface area contributed by atoms with Crippen LogP contribution in [0.4, 0.5) is 0 Å². The molecule has 0 unspecified atom stereocenters. The molecule has 18 heavy (non-hydrogen) atoms. The summed E-state index contributed by atoms with van der Waals surface area (Å²) in [6, 6.07) is 1.83. The van der Waals surface area contributed by atoms with Gasteiger partial charge in [0.1, 0.15) is 4.21 Å². The lowest BCUT2D eigenvalue weighted by atomic mass is 10.2. The van der Waals surface area contributed by atoms with E-state index >= 15 is 0 Å². The third kappa shape index (κ3) is 2.65. The van der Waals surface area contributed by atoms with E-state index in [2.05, 4.69) is 21.2 Å². The van der Waals surface area contributed by atoms with Gasteiger partial charge < -0.3 is 5.32 Å². The van der Waals surface area contributed by atoms with Gasteiger partial charge in [0, 0.05) is 19.1 Å². The molecule has 2 rings (SSSR count). The Hall–Kier alpha value is 0.0500. The molecule has 1 aliphatic heterocycles. The van der Waals surface area contributed by atoms with Gasteiger partial charge in [0.25, 0.3) is 10.0 Å². The van der Waals surface area contributed by atoms with Gasteiger partial charge in [-0.3, -0.25) is 0 Å². The maximum absolute atomic E-state index is 12.6. The quantitative estimate of drug-likeness (QED) is 0.903. The summed E-state index contributed by atoms with van der Waals surface area (Å²) in [5.74, 6) is 0. The Labute approximate surface area is 121 Å². The first kappa shape index (κ1) is 14.5. The molecule has 0 saturated carbocycles. The number of sulfonamides is 1. The van der Waals surface area contributed by atoms with Crippen LogP contribution in [0.15, 0.2) is 14.1 Å². The highest BCUT2D eigenvalue weighted by Gasteiger charge is 2.35. The van der Waals surface area contributed by atoms with Gasteiger partial charge in [-0.1, -0.05) is 0 Å². The first-order valence-electron chi connectivity index (χ1n) is 5.89. The molecule has 1 aromatic rings. The lowest BCUT2D eigenvalue weighted by molar-refractivity contribution is 0.380. The first-order valence-corrected chi connectivity index (χ1v) is 8.94. The van der Waals surface area contributed by atoms with Crippen molar-refractivity contribution in [1.29, 1.82) is 0 Å². The highest BCUT2D eigenvalue weighted by Crippen LogP contribution is 2.34. The van der Waals surface area contributed by atoms with Gasteiger partial charge in [-0.2, -0.15) is 4.31 Å². The molecule has 102 valence electrons. The highest BCUT2D eigenvalue weighted by atomic mass is 79.9. The van der Waals surface area contributed by atoms with Crippen molar-refractivity contribution in [1.82, 2.24) is 9.62 Å². The van der Waals surface area contributed by atoms with Crippen LogP contribution in [0.1, 0.15) is 18.4 Å². The number of hydrogen-bond donors (Lipinski definition) is 1. The van der Waals surface area contributed by atoms with E-state index < -0.39 is 10.0 Å². The Morgan fingerprint density at radius 3 is 2.89 bits per heavy atom. The van der Waals surface area contributed by atoms with Crippen LogP contribution in [-0.4, -0.2) is 38.9 Å². The Morgan fingerprint density at radius 1 is 1.61 bits per heavy atom. The summed E-state index contributed by atoms with van der Waals surface area (Å²) in [6.07, 6.45) is 1.88. The van der Waals surface area contributed by atoms with Crippen LogP contribution in [0.3, 0.4) is 0 Å². The fourth-order valence-corrected chi connectivity index (χ4v) is 6.29. The van der Waals surface area contributed by atoms with E-state index in [1.165, 1.54) is 11.3 Å². The third-order valence-corrected chi connectivity index (χ3v) is 7.70. The van der Waals surface area contributed by atoms with Crippen LogP contribution in [0.25, 0.3) is 0 Å². The molecule has 0 amide bonds. The summed E-state index contributed by atoms with van der Waals surface area (Å²) in [4.78, 5) is 0. The van der Waals surface area contributed by atoms with Gasteiger partial charge in [-0.15, -0.1) is 11.3 Å². The normalized spacial score (nSPS) is 21.6. The Morgan fingerprint density at radius 2 is 2.33 bits per heavy atom. The molecule has 4 nitrogen and oxygen atoms in total. The zero-order chi connectivity index (χ0) is 13.3. The monoisotopic (exact) mass is 352 g/mol. The number of aryl methyl sites for hydroxylation is 1. The molecule has 1 saturated heterocycles. The summed E-state index contributed by atoms with van der Waals surface area (Å²) >= 11 is 4.68. The SMILES string of the molecule is CNC[C@H]1CCCN1S(=O)(=O)c1cc(C)c(Br)s1. The van der Waals surface area contributed by atoms with Crippen LogP contribution >= 0.6 is 27.3 Å². The fourth-order valence-electron chi connectivity index (χ4n) is 2.24. The standard InChI is InChI=1S/C11H17BrN2O2S2/c1-8-6-10(17-11(8)12)18(15,16)14-5-3-4-9(14)7-13-2/h6,9,13H,3-5,7H2,1-2H3/t9-/m1/s1. The van der Waals surface area contributed by atoms with Crippen molar-refractivity contribution in [3.05, 3.63) is 15.4 Å². The molecular weight excluding hydrogens is 336 g/mol. The van der Waals surface area contributed by atoms with Crippen molar-refractivity contribution < 1.29 is 8.42 Å². The number of nitrogens with zero attached hydrogens (tertiary/aromatic N) is 1. The van der Waals surface area contributed by atoms with E-state index in [-0.39, 0.29) is 6.04 Å². The van der Waals surface area contributed by atoms with E-state index in [1.807, 2.05) is 14.0 Å². The van der Waals surface area contributed by atoms with Crippen LogP contribution in [-0.2, 0) is 10.0 Å². The Balaban J connectivity index is 2.30. The number of hydrogen-bond acceptors (Lipinski definition) is 4. The van der Waals surface area contributed by atoms with Gasteiger partial charge in [0.05, 0.1) is 3.79 Å². The second-order valence-corrected chi connectivity index (χ2v) is 8.98. The summed E-state index contributed by atoms with van der Waals surface area (Å²) in [7, 11) is -1.47. The third-order valence-electron chi connectivity index (χ3n) is 3.16. The molecule has 1 atom stereocenters. The number of thiophene rings is 1. The van der Waals surface area contributed by atoms with Gasteiger partial charge in [0.15, 0.2) is 0 Å². The lowest BCUT2D eigenvalue weighted by Crippen LogP contribution is -2.40. The topological polar surface area (TPSA) is 49.4 Å². The number of halogens is 1. The molecule has 2 heterocycles. The maximum atomic E-state index is 12.6. The molecule has 0 bridgehead atoms. The predicted octanol–water partition coefficient (Wildman–Crippen LogP) is 2.19. The fraction of sp³-hybridized carbons (Fsp3) is 0.636. The summed E-state index contributed by atoms with van der Waals surface area (Å²) < 4.78 is 28.1. The number of nitrogens with one attached hydrogen (secondary N) is 1. The van der Waals surface area contributed by atoms with E-state index in [1.54, 1.807) is 10.4 Å². The largest absolute Gasteiger partial charge is 0.318 e. The van der Waals surface area contributed by atoms with E-state index in [0.29, 0.717) is 17.3 Å². The average Bonchev–Trinajstić information content (AvgIpc) is 2.88. The van der Waals surface area contributed by atoms with Crippen LogP contribution in [0.2, 0.25) is 0 Å². The molecule has 1 fully saturated rings. The molecule has 0 aliphatic carbocycles. The zero-order valence-electron chi connectivity index (χ0n) is 10.4. The zero-order valence-corrected chi connectivity index (χ0v) is 13.7. The van der Waals surface area contributed by atoms with Crippen LogP contribution in [0, 0.1) is 6.92 Å². The molecule has 1 aliphatic rings. The van der Waals surface area contributed by atoms with Crippen molar-refractivity contribution in [3.8, 4) is 0 Å². The molecule has 1 N–H and O–H groups in total. The van der Waals surface area contributed by atoms with Gasteiger partial charge in [0.2, 0.25) is 0 Å². The summed E-state index contributed by atoms with van der Waals surface area (Å²) in [5.41, 5.74) is 0.975. The molecule has 0 radical (unpaired) electrons. The maximum Gasteiger partial charge on any atom is 0.252 e. The molecule has 0 aromatic carbocycles. The Bertz CT molecular complexity index is 508. The van der Waals surface area contributed by atoms with Crippen molar-refractivity contribution in [3.63, 3.8) is 0 Å². The van der Waals surface area contributed by atoms with Crippen molar-refractivity contribution in [2.75, 3.05) is 20.1 Å². The minimum Gasteiger partial charge on any atom is -0.318 e. The Kier molecular flexibility index (Phi) is 4.48. The second kappa shape index (κ2) is 5.58. The first-order chi connectivity index (χ1) is 8.46. The smallest absolute Gasteiger partial charge is 0.252 e. The molecule has 1 aromatic heterocycles. The van der Waals surface area contributed by atoms with Gasteiger partial charge in [-0.25, -0.2) is 8.42 Å². The second-order valence-electron chi connectivity index (χ2n) is 4.49. The van der Waals surface area contributed by atoms with Crippen molar-refractivity contribution in [2.45, 2.75) is 30.0 Å². The van der Waals surface area contributed by atoms with Gasteiger partial charge in [-0.05, 0) is 54.4 Å². The number of rotatable bonds is 4. The highest BCUT2D eigenvalue weighted by molar-refractivity contribution is 9.11. The van der Waals surface area contributed by atoms with E-state index in [0.717, 1.165) is 22.2 Å². The minimum absolute atomic E-state index is 0.0844. The molecule has 0 spiro atoms. The molecular formula is C11H17BrN2O2S2. The lowest BCUT2D eigenvalue weighted by Gasteiger charge is -2.22.